The molecule has 0 bridgehead atoms. The van der Waals surface area contributed by atoms with Crippen molar-refractivity contribution in [2.45, 2.75) is 19.9 Å². The molecule has 4 heterocycles. The Kier molecular flexibility index (Phi) is 4.55. The lowest BCUT2D eigenvalue weighted by molar-refractivity contribution is -0.0951. The minimum absolute atomic E-state index is 0.0614. The van der Waals surface area contributed by atoms with Crippen LogP contribution in [0.25, 0.3) is 16.4 Å². The van der Waals surface area contributed by atoms with E-state index in [1.165, 1.54) is 0 Å². The van der Waals surface area contributed by atoms with Gasteiger partial charge in [-0.25, -0.2) is 9.67 Å². The van der Waals surface area contributed by atoms with E-state index in [4.69, 9.17) is 4.74 Å². The number of hydrogen-bond acceptors (Lipinski definition) is 5. The molecule has 0 atom stereocenters. The number of anilines is 1. The van der Waals surface area contributed by atoms with Crippen LogP contribution in [0.3, 0.4) is 0 Å². The molecule has 1 aromatic carbocycles. The monoisotopic (exact) mass is 403 g/mol. The number of pyridine rings is 1. The number of fused-ring (bicyclic) bond motifs is 2. The van der Waals surface area contributed by atoms with Crippen molar-refractivity contribution in [3.63, 3.8) is 0 Å². The van der Waals surface area contributed by atoms with E-state index in [0.29, 0.717) is 18.4 Å². The summed E-state index contributed by atoms with van der Waals surface area (Å²) in [6.45, 7) is 5.06. The highest BCUT2D eigenvalue weighted by molar-refractivity contribution is 5.93. The maximum atomic E-state index is 13.3. The number of nitrogens with zero attached hydrogens (tertiary/aromatic N) is 5. The molecule has 154 valence electrons. The molecule has 0 saturated carbocycles. The minimum atomic E-state index is -0.0614. The Balaban J connectivity index is 1.44. The molecule has 7 nitrogen and oxygen atoms in total. The molecule has 0 amide bonds. The van der Waals surface area contributed by atoms with Crippen LogP contribution in [0, 0.1) is 5.41 Å². The van der Waals surface area contributed by atoms with Crippen LogP contribution in [0.4, 0.5) is 5.69 Å². The van der Waals surface area contributed by atoms with Crippen LogP contribution in [-0.2, 0) is 17.7 Å². The van der Waals surface area contributed by atoms with E-state index >= 15 is 0 Å². The summed E-state index contributed by atoms with van der Waals surface area (Å²) in [5.74, 6) is 0. The third kappa shape index (κ3) is 3.35. The van der Waals surface area contributed by atoms with E-state index in [9.17, 15) is 4.79 Å². The summed E-state index contributed by atoms with van der Waals surface area (Å²) in [7, 11) is 2.04. The maximum Gasteiger partial charge on any atom is 0.276 e. The predicted molar refractivity (Wildman–Crippen MR) is 117 cm³/mol. The number of benzene rings is 1. The second-order valence-corrected chi connectivity index (χ2v) is 8.52. The molecule has 1 aliphatic heterocycles. The summed E-state index contributed by atoms with van der Waals surface area (Å²) in [6.07, 6.45) is 6.41. The summed E-state index contributed by atoms with van der Waals surface area (Å²) >= 11 is 0. The average molecular weight is 403 g/mol. The lowest BCUT2D eigenvalue weighted by atomic mass is 9.88. The molecule has 0 unspecified atom stereocenters. The van der Waals surface area contributed by atoms with Crippen molar-refractivity contribution >= 4 is 22.1 Å². The molecule has 0 spiro atoms. The quantitative estimate of drug-likeness (QED) is 0.495. The van der Waals surface area contributed by atoms with E-state index in [-0.39, 0.29) is 11.0 Å². The van der Waals surface area contributed by atoms with Gasteiger partial charge in [-0.3, -0.25) is 4.79 Å². The number of hydrogen-bond donors (Lipinski definition) is 0. The van der Waals surface area contributed by atoms with E-state index in [0.717, 1.165) is 42.2 Å². The molecule has 0 N–H and O–H groups in total. The summed E-state index contributed by atoms with van der Waals surface area (Å²) in [5.41, 5.74) is 2.86. The van der Waals surface area contributed by atoms with Crippen molar-refractivity contribution in [2.24, 2.45) is 5.41 Å². The number of aryl methyl sites for hydroxylation is 2. The van der Waals surface area contributed by atoms with Gasteiger partial charge in [-0.05, 0) is 18.2 Å². The molecule has 4 aromatic rings. The van der Waals surface area contributed by atoms with Gasteiger partial charge in [0.1, 0.15) is 5.65 Å². The van der Waals surface area contributed by atoms with Gasteiger partial charge in [-0.15, -0.1) is 0 Å². The first-order valence-corrected chi connectivity index (χ1v) is 10.2. The van der Waals surface area contributed by atoms with Crippen LogP contribution in [-0.4, -0.2) is 46.0 Å². The molecule has 3 aromatic heterocycles. The van der Waals surface area contributed by atoms with Gasteiger partial charge in [0.2, 0.25) is 0 Å². The topological polar surface area (TPSA) is 64.7 Å². The summed E-state index contributed by atoms with van der Waals surface area (Å²) in [4.78, 5) is 20.1. The first kappa shape index (κ1) is 18.8. The van der Waals surface area contributed by atoms with Crippen LogP contribution in [0.15, 0.2) is 59.8 Å². The van der Waals surface area contributed by atoms with Crippen molar-refractivity contribution in [3.8, 4) is 0 Å². The first-order chi connectivity index (χ1) is 14.5. The zero-order chi connectivity index (χ0) is 20.7. The van der Waals surface area contributed by atoms with Gasteiger partial charge in [0.05, 0.1) is 42.7 Å². The van der Waals surface area contributed by atoms with Crippen LogP contribution < -0.4 is 10.5 Å². The molecule has 30 heavy (non-hydrogen) atoms. The molecule has 1 saturated heterocycles. The summed E-state index contributed by atoms with van der Waals surface area (Å²) in [6, 6.07) is 11.9. The third-order valence-electron chi connectivity index (χ3n) is 5.78. The van der Waals surface area contributed by atoms with E-state index in [1.54, 1.807) is 10.9 Å². The summed E-state index contributed by atoms with van der Waals surface area (Å²) in [5, 5.41) is 5.99. The van der Waals surface area contributed by atoms with Crippen molar-refractivity contribution in [2.75, 3.05) is 31.7 Å². The number of imidazole rings is 1. The van der Waals surface area contributed by atoms with Gasteiger partial charge in [-0.2, -0.15) is 5.10 Å². The summed E-state index contributed by atoms with van der Waals surface area (Å²) < 4.78 is 8.93. The van der Waals surface area contributed by atoms with Crippen molar-refractivity contribution in [1.82, 2.24) is 19.2 Å². The van der Waals surface area contributed by atoms with Crippen molar-refractivity contribution < 1.29 is 4.74 Å². The fraction of sp³-hybridized carbons (Fsp3) is 0.348. The van der Waals surface area contributed by atoms with Gasteiger partial charge in [0.25, 0.3) is 5.56 Å². The second kappa shape index (κ2) is 7.25. The number of ether oxygens (including phenoxy) is 1. The zero-order valence-corrected chi connectivity index (χ0v) is 17.3. The third-order valence-corrected chi connectivity index (χ3v) is 5.78. The highest BCUT2D eigenvalue weighted by atomic mass is 16.5. The highest BCUT2D eigenvalue weighted by Gasteiger charge is 2.34. The van der Waals surface area contributed by atoms with E-state index in [1.807, 2.05) is 60.2 Å². The molecule has 7 heteroatoms. The van der Waals surface area contributed by atoms with Gasteiger partial charge in [0, 0.05) is 43.2 Å². The largest absolute Gasteiger partial charge is 0.380 e. The predicted octanol–water partition coefficient (Wildman–Crippen LogP) is 2.76. The first-order valence-electron chi connectivity index (χ1n) is 10.2. The van der Waals surface area contributed by atoms with Crippen LogP contribution in [0.5, 0.6) is 0 Å². The molecule has 5 rings (SSSR count). The smallest absolute Gasteiger partial charge is 0.276 e. The van der Waals surface area contributed by atoms with E-state index in [2.05, 4.69) is 21.9 Å². The van der Waals surface area contributed by atoms with Gasteiger partial charge in [0.15, 0.2) is 0 Å². The maximum absolute atomic E-state index is 13.3. The molecule has 1 aliphatic rings. The Hall–Kier alpha value is -3.19. The Morgan fingerprint density at radius 1 is 1.20 bits per heavy atom. The molecule has 1 fully saturated rings. The lowest BCUT2D eigenvalue weighted by Gasteiger charge is -2.41. The normalized spacial score (nSPS) is 15.4. The standard InChI is InChI=1S/C23H25N5O2/c1-23(15-30-16-23)14-26(2)19-7-5-6-17-12-24-28(22(29)21(17)19)11-9-18-13-27-10-4-3-8-20(27)25-18/h3-8,10,12-13H,9,11,14-16H2,1-2H3. The highest BCUT2D eigenvalue weighted by Crippen LogP contribution is 2.31. The second-order valence-electron chi connectivity index (χ2n) is 8.52. The Bertz CT molecular complexity index is 1240. The van der Waals surface area contributed by atoms with Crippen LogP contribution in [0.1, 0.15) is 12.6 Å². The van der Waals surface area contributed by atoms with Crippen LogP contribution >= 0.6 is 0 Å². The molecule has 0 radical (unpaired) electrons. The number of aromatic nitrogens is 4. The van der Waals surface area contributed by atoms with Crippen molar-refractivity contribution in [1.29, 1.82) is 0 Å². The molecular formula is C23H25N5O2. The molecule has 0 aliphatic carbocycles. The zero-order valence-electron chi connectivity index (χ0n) is 17.3. The fourth-order valence-electron chi connectivity index (χ4n) is 4.22. The SMILES string of the molecule is CN(CC1(C)COC1)c1cccc2cnn(CCc3cn4ccccc4n3)c(=O)c12. The van der Waals surface area contributed by atoms with Gasteiger partial charge < -0.3 is 14.0 Å². The van der Waals surface area contributed by atoms with Crippen LogP contribution in [0.2, 0.25) is 0 Å². The Morgan fingerprint density at radius 3 is 2.83 bits per heavy atom. The average Bonchev–Trinajstić information content (AvgIpc) is 3.14. The number of rotatable bonds is 6. The van der Waals surface area contributed by atoms with Gasteiger partial charge >= 0.3 is 0 Å². The van der Waals surface area contributed by atoms with E-state index < -0.39 is 0 Å². The molecular weight excluding hydrogens is 378 g/mol. The lowest BCUT2D eigenvalue weighted by Crippen LogP contribution is -2.48. The van der Waals surface area contributed by atoms with Gasteiger partial charge in [-0.1, -0.05) is 25.1 Å². The fourth-order valence-corrected chi connectivity index (χ4v) is 4.22. The Labute approximate surface area is 174 Å². The minimum Gasteiger partial charge on any atom is -0.380 e. The van der Waals surface area contributed by atoms with Crippen molar-refractivity contribution in [3.05, 3.63) is 71.0 Å². The Morgan fingerprint density at radius 2 is 2.07 bits per heavy atom.